The number of amides is 1. The molecule has 26 heavy (non-hydrogen) atoms. The second-order valence-corrected chi connectivity index (χ2v) is 9.63. The smallest absolute Gasteiger partial charge is 0.230 e. The van der Waals surface area contributed by atoms with Gasteiger partial charge in [0.05, 0.1) is 5.75 Å². The van der Waals surface area contributed by atoms with Crippen molar-refractivity contribution in [2.75, 3.05) is 5.75 Å². The first-order valence-electron chi connectivity index (χ1n) is 10.3. The van der Waals surface area contributed by atoms with E-state index in [1.54, 1.807) is 0 Å². The van der Waals surface area contributed by atoms with Crippen molar-refractivity contribution in [2.24, 2.45) is 0 Å². The maximum atomic E-state index is 12.5. The first kappa shape index (κ1) is 18.2. The van der Waals surface area contributed by atoms with Gasteiger partial charge >= 0.3 is 0 Å². The normalized spacial score (nSPS) is 24.9. The molecule has 1 aliphatic heterocycles. The van der Waals surface area contributed by atoms with Crippen LogP contribution >= 0.6 is 11.8 Å². The Morgan fingerprint density at radius 1 is 1.19 bits per heavy atom. The molecule has 3 aliphatic rings. The van der Waals surface area contributed by atoms with Gasteiger partial charge in [0.15, 0.2) is 0 Å². The van der Waals surface area contributed by atoms with Crippen molar-refractivity contribution >= 4 is 17.7 Å². The van der Waals surface area contributed by atoms with E-state index in [2.05, 4.69) is 30.4 Å². The number of hydrogen-bond acceptors (Lipinski definition) is 3. The summed E-state index contributed by atoms with van der Waals surface area (Å²) in [6.07, 6.45) is 12.0. The van der Waals surface area contributed by atoms with E-state index in [0.29, 0.717) is 17.0 Å². The topological polar surface area (TPSA) is 38.3 Å². The summed E-state index contributed by atoms with van der Waals surface area (Å²) in [5.74, 6) is 1.82. The minimum Gasteiger partial charge on any atom is -0.487 e. The van der Waals surface area contributed by atoms with Gasteiger partial charge in [-0.25, -0.2) is 0 Å². The summed E-state index contributed by atoms with van der Waals surface area (Å²) in [6.45, 7) is 2.14. The molecule has 2 saturated carbocycles. The highest BCUT2D eigenvalue weighted by Gasteiger charge is 2.43. The number of hydrogen-bond donors (Lipinski definition) is 1. The van der Waals surface area contributed by atoms with Crippen LogP contribution in [0, 0.1) is 6.92 Å². The van der Waals surface area contributed by atoms with Crippen molar-refractivity contribution in [2.45, 2.75) is 88.0 Å². The molecular formula is C22H31NO2S. The maximum Gasteiger partial charge on any atom is 0.230 e. The van der Waals surface area contributed by atoms with E-state index < -0.39 is 0 Å². The molecule has 142 valence electrons. The Balaban J connectivity index is 1.42. The molecule has 1 amide bonds. The number of rotatable bonds is 4. The number of nitrogens with one attached hydrogen (secondary N) is 1. The molecule has 1 spiro atoms. The minimum atomic E-state index is 0.0137. The summed E-state index contributed by atoms with van der Waals surface area (Å²) in [7, 11) is 0. The van der Waals surface area contributed by atoms with E-state index in [4.69, 9.17) is 4.74 Å². The fourth-order valence-corrected chi connectivity index (χ4v) is 6.12. The highest BCUT2D eigenvalue weighted by atomic mass is 32.2. The largest absolute Gasteiger partial charge is 0.487 e. The van der Waals surface area contributed by atoms with Crippen LogP contribution in [0.2, 0.25) is 0 Å². The van der Waals surface area contributed by atoms with Gasteiger partial charge in [-0.3, -0.25) is 4.79 Å². The third-order valence-electron chi connectivity index (χ3n) is 6.30. The molecule has 4 heteroatoms. The molecule has 1 atom stereocenters. The molecule has 0 radical (unpaired) electrons. The quantitative estimate of drug-likeness (QED) is 0.777. The van der Waals surface area contributed by atoms with Crippen LogP contribution in [0.5, 0.6) is 5.75 Å². The van der Waals surface area contributed by atoms with Crippen LogP contribution in [0.4, 0.5) is 0 Å². The molecule has 1 aromatic carbocycles. The molecule has 1 heterocycles. The van der Waals surface area contributed by atoms with E-state index in [9.17, 15) is 4.79 Å². The zero-order valence-electron chi connectivity index (χ0n) is 15.9. The van der Waals surface area contributed by atoms with Crippen LogP contribution in [0.25, 0.3) is 0 Å². The third-order valence-corrected chi connectivity index (χ3v) is 7.55. The van der Waals surface area contributed by atoms with Gasteiger partial charge in [0.1, 0.15) is 11.4 Å². The standard InChI is InChI=1S/C22H31NO2S/c1-16-9-10-19-18(13-16)20(14-22(25-19)11-5-6-12-22)26-15-21(24)23-17-7-3-2-4-8-17/h9-10,13,17,20H,2-8,11-12,14-15H2,1H3,(H,23,24). The molecule has 2 aliphatic carbocycles. The van der Waals surface area contributed by atoms with Gasteiger partial charge in [0.2, 0.25) is 5.91 Å². The molecule has 0 bridgehead atoms. The van der Waals surface area contributed by atoms with Gasteiger partial charge in [-0.05, 0) is 51.5 Å². The summed E-state index contributed by atoms with van der Waals surface area (Å²) in [5.41, 5.74) is 2.57. The zero-order chi connectivity index (χ0) is 18.0. The summed E-state index contributed by atoms with van der Waals surface area (Å²) in [5, 5.41) is 3.63. The van der Waals surface area contributed by atoms with Crippen LogP contribution in [0.15, 0.2) is 18.2 Å². The van der Waals surface area contributed by atoms with Crippen molar-refractivity contribution in [3.63, 3.8) is 0 Å². The SMILES string of the molecule is Cc1ccc2c(c1)C(SCC(=O)NC1CCCCC1)CC1(CCCC1)O2. The van der Waals surface area contributed by atoms with E-state index >= 15 is 0 Å². The molecule has 4 rings (SSSR count). The Labute approximate surface area is 161 Å². The lowest BCUT2D eigenvalue weighted by Gasteiger charge is -2.40. The number of thioether (sulfide) groups is 1. The van der Waals surface area contributed by atoms with Crippen molar-refractivity contribution in [3.8, 4) is 5.75 Å². The summed E-state index contributed by atoms with van der Waals surface area (Å²) < 4.78 is 6.48. The number of fused-ring (bicyclic) bond motifs is 1. The van der Waals surface area contributed by atoms with E-state index in [0.717, 1.165) is 37.9 Å². The monoisotopic (exact) mass is 373 g/mol. The summed E-state index contributed by atoms with van der Waals surface area (Å²) in [4.78, 5) is 12.5. The lowest BCUT2D eigenvalue weighted by molar-refractivity contribution is -0.119. The summed E-state index contributed by atoms with van der Waals surface area (Å²) in [6, 6.07) is 6.94. The number of ether oxygens (including phenoxy) is 1. The highest BCUT2D eigenvalue weighted by molar-refractivity contribution is 8.00. The van der Waals surface area contributed by atoms with Crippen LogP contribution in [-0.2, 0) is 4.79 Å². The maximum absolute atomic E-state index is 12.5. The number of aryl methyl sites for hydroxylation is 1. The van der Waals surface area contributed by atoms with Gasteiger partial charge in [-0.2, -0.15) is 0 Å². The molecular weight excluding hydrogens is 342 g/mol. The molecule has 0 aromatic heterocycles. The van der Waals surface area contributed by atoms with Crippen LogP contribution < -0.4 is 10.1 Å². The fraction of sp³-hybridized carbons (Fsp3) is 0.682. The van der Waals surface area contributed by atoms with E-state index in [1.807, 2.05) is 11.8 Å². The third kappa shape index (κ3) is 4.05. The Kier molecular flexibility index (Phi) is 5.49. The highest BCUT2D eigenvalue weighted by Crippen LogP contribution is 2.51. The molecule has 3 nitrogen and oxygen atoms in total. The fourth-order valence-electron chi connectivity index (χ4n) is 4.90. The van der Waals surface area contributed by atoms with Crippen molar-refractivity contribution < 1.29 is 9.53 Å². The molecule has 0 saturated heterocycles. The zero-order valence-corrected chi connectivity index (χ0v) is 16.7. The number of carbonyl (C=O) groups is 1. The molecule has 1 N–H and O–H groups in total. The summed E-state index contributed by atoms with van der Waals surface area (Å²) >= 11 is 1.81. The number of carbonyl (C=O) groups excluding carboxylic acids is 1. The molecule has 1 aromatic rings. The minimum absolute atomic E-state index is 0.0137. The second kappa shape index (κ2) is 7.84. The average Bonchev–Trinajstić information content (AvgIpc) is 3.09. The van der Waals surface area contributed by atoms with Crippen LogP contribution in [0.3, 0.4) is 0 Å². The Morgan fingerprint density at radius 3 is 2.73 bits per heavy atom. The Bertz CT molecular complexity index is 648. The lowest BCUT2D eigenvalue weighted by Crippen LogP contribution is -2.39. The molecule has 2 fully saturated rings. The molecule has 1 unspecified atom stereocenters. The van der Waals surface area contributed by atoms with Crippen molar-refractivity contribution in [1.29, 1.82) is 0 Å². The Morgan fingerprint density at radius 2 is 1.96 bits per heavy atom. The number of benzene rings is 1. The van der Waals surface area contributed by atoms with Crippen LogP contribution in [0.1, 0.15) is 80.6 Å². The second-order valence-electron chi connectivity index (χ2n) is 8.44. The van der Waals surface area contributed by atoms with Gasteiger partial charge in [0, 0.05) is 23.3 Å². The van der Waals surface area contributed by atoms with Gasteiger partial charge in [-0.1, -0.05) is 37.0 Å². The van der Waals surface area contributed by atoms with E-state index in [1.165, 1.54) is 43.2 Å². The van der Waals surface area contributed by atoms with Gasteiger partial charge in [0.25, 0.3) is 0 Å². The predicted octanol–water partition coefficient (Wildman–Crippen LogP) is 5.31. The Hall–Kier alpha value is -1.16. The van der Waals surface area contributed by atoms with E-state index in [-0.39, 0.29) is 11.5 Å². The van der Waals surface area contributed by atoms with Crippen molar-refractivity contribution in [3.05, 3.63) is 29.3 Å². The average molecular weight is 374 g/mol. The van der Waals surface area contributed by atoms with Gasteiger partial charge in [-0.15, -0.1) is 11.8 Å². The lowest BCUT2D eigenvalue weighted by atomic mass is 9.88. The predicted molar refractivity (Wildman–Crippen MR) is 108 cm³/mol. The van der Waals surface area contributed by atoms with Gasteiger partial charge < -0.3 is 10.1 Å². The first-order chi connectivity index (χ1) is 12.6. The first-order valence-corrected chi connectivity index (χ1v) is 11.4. The van der Waals surface area contributed by atoms with Crippen molar-refractivity contribution in [1.82, 2.24) is 5.32 Å². The van der Waals surface area contributed by atoms with Crippen LogP contribution in [-0.4, -0.2) is 23.3 Å².